The lowest BCUT2D eigenvalue weighted by Crippen LogP contribution is -2.35. The number of aryl methyl sites for hydroxylation is 1. The first kappa shape index (κ1) is 14.9. The van der Waals surface area contributed by atoms with Crippen molar-refractivity contribution < 1.29 is 9.59 Å². The standard InChI is InChI=1S/C12H18BrN3O2/c1-12(2,3)10(17)7-14-11(18)4-5-16-8-9(13)6-15-16/h6,8H,4-5,7H2,1-3H3,(H,14,18). The van der Waals surface area contributed by atoms with Gasteiger partial charge in [-0.05, 0) is 15.9 Å². The molecule has 0 bridgehead atoms. The first-order valence-electron chi connectivity index (χ1n) is 5.77. The van der Waals surface area contributed by atoms with E-state index >= 15 is 0 Å². The molecule has 18 heavy (non-hydrogen) atoms. The number of ketones is 1. The number of hydrogen-bond donors (Lipinski definition) is 1. The second kappa shape index (κ2) is 6.13. The molecule has 0 aliphatic heterocycles. The molecule has 0 aromatic carbocycles. The predicted molar refractivity (Wildman–Crippen MR) is 72.0 cm³/mol. The van der Waals surface area contributed by atoms with Gasteiger partial charge in [0.25, 0.3) is 0 Å². The van der Waals surface area contributed by atoms with Crippen LogP contribution in [0.25, 0.3) is 0 Å². The lowest BCUT2D eigenvalue weighted by molar-refractivity contribution is -0.129. The monoisotopic (exact) mass is 315 g/mol. The fourth-order valence-corrected chi connectivity index (χ4v) is 1.54. The van der Waals surface area contributed by atoms with E-state index in [4.69, 9.17) is 0 Å². The molecule has 1 aromatic rings. The first-order chi connectivity index (χ1) is 8.29. The Labute approximate surface area is 115 Å². The molecule has 1 heterocycles. The van der Waals surface area contributed by atoms with Gasteiger partial charge in [0.2, 0.25) is 5.91 Å². The van der Waals surface area contributed by atoms with Gasteiger partial charge in [0.15, 0.2) is 5.78 Å². The Morgan fingerprint density at radius 3 is 2.61 bits per heavy atom. The average Bonchev–Trinajstić information content (AvgIpc) is 2.67. The molecule has 1 rings (SSSR count). The van der Waals surface area contributed by atoms with E-state index in [2.05, 4.69) is 26.3 Å². The Hall–Kier alpha value is -1.17. The number of aromatic nitrogens is 2. The van der Waals surface area contributed by atoms with Crippen LogP contribution in [0.3, 0.4) is 0 Å². The molecule has 0 aliphatic carbocycles. The number of carbonyl (C=O) groups is 2. The molecule has 1 N–H and O–H groups in total. The van der Waals surface area contributed by atoms with Crippen molar-refractivity contribution >= 4 is 27.6 Å². The summed E-state index contributed by atoms with van der Waals surface area (Å²) in [6.07, 6.45) is 3.78. The summed E-state index contributed by atoms with van der Waals surface area (Å²) >= 11 is 3.28. The van der Waals surface area contributed by atoms with Gasteiger partial charge in [-0.25, -0.2) is 0 Å². The molecule has 0 fully saturated rings. The maximum absolute atomic E-state index is 11.6. The van der Waals surface area contributed by atoms with Crippen LogP contribution in [0, 0.1) is 5.41 Å². The minimum atomic E-state index is -0.417. The van der Waals surface area contributed by atoms with Crippen LogP contribution in [0.1, 0.15) is 27.2 Å². The lowest BCUT2D eigenvalue weighted by atomic mass is 9.91. The minimum absolute atomic E-state index is 0.0256. The maximum Gasteiger partial charge on any atom is 0.222 e. The summed E-state index contributed by atoms with van der Waals surface area (Å²) in [6.45, 7) is 6.10. The third kappa shape index (κ3) is 5.00. The van der Waals surface area contributed by atoms with Crippen LogP contribution in [-0.4, -0.2) is 28.0 Å². The highest BCUT2D eigenvalue weighted by Crippen LogP contribution is 2.13. The molecule has 0 spiro atoms. The van der Waals surface area contributed by atoms with Crippen LogP contribution in [-0.2, 0) is 16.1 Å². The Morgan fingerprint density at radius 2 is 2.11 bits per heavy atom. The number of halogens is 1. The molecule has 0 atom stereocenters. The van der Waals surface area contributed by atoms with Crippen LogP contribution >= 0.6 is 15.9 Å². The zero-order valence-electron chi connectivity index (χ0n) is 10.9. The van der Waals surface area contributed by atoms with Gasteiger partial charge in [-0.1, -0.05) is 20.8 Å². The number of nitrogens with one attached hydrogen (secondary N) is 1. The summed E-state index contributed by atoms with van der Waals surface area (Å²) in [5.74, 6) is -0.114. The fourth-order valence-electron chi connectivity index (χ4n) is 1.21. The van der Waals surface area contributed by atoms with Gasteiger partial charge in [-0.15, -0.1) is 0 Å². The van der Waals surface area contributed by atoms with E-state index in [9.17, 15) is 9.59 Å². The van der Waals surface area contributed by atoms with E-state index in [1.54, 1.807) is 17.1 Å². The first-order valence-corrected chi connectivity index (χ1v) is 6.56. The summed E-state index contributed by atoms with van der Waals surface area (Å²) in [7, 11) is 0. The molecular weight excluding hydrogens is 298 g/mol. The number of nitrogens with zero attached hydrogens (tertiary/aromatic N) is 2. The molecule has 6 heteroatoms. The van der Waals surface area contributed by atoms with Gasteiger partial charge in [-0.3, -0.25) is 14.3 Å². The molecule has 1 amide bonds. The maximum atomic E-state index is 11.6. The Kier molecular flexibility index (Phi) is 5.07. The summed E-state index contributed by atoms with van der Waals surface area (Å²) in [6, 6.07) is 0. The van der Waals surface area contributed by atoms with E-state index in [0.717, 1.165) is 4.47 Å². The SMILES string of the molecule is CC(C)(C)C(=O)CNC(=O)CCn1cc(Br)cn1. The molecule has 0 unspecified atom stereocenters. The number of carbonyl (C=O) groups excluding carboxylic acids is 2. The molecule has 0 saturated carbocycles. The van der Waals surface area contributed by atoms with Crippen molar-refractivity contribution in [2.45, 2.75) is 33.7 Å². The van der Waals surface area contributed by atoms with Crippen molar-refractivity contribution in [2.24, 2.45) is 5.41 Å². The highest BCUT2D eigenvalue weighted by atomic mass is 79.9. The molecule has 0 radical (unpaired) electrons. The number of Topliss-reactive ketones (excluding diaryl/α,β-unsaturated/α-hetero) is 1. The highest BCUT2D eigenvalue weighted by molar-refractivity contribution is 9.10. The normalized spacial score (nSPS) is 11.3. The third-order valence-corrected chi connectivity index (χ3v) is 2.86. The zero-order valence-corrected chi connectivity index (χ0v) is 12.5. The van der Waals surface area contributed by atoms with Crippen LogP contribution in [0.4, 0.5) is 0 Å². The van der Waals surface area contributed by atoms with E-state index in [0.29, 0.717) is 13.0 Å². The summed E-state index contributed by atoms with van der Waals surface area (Å²) in [5, 5.41) is 6.67. The number of hydrogen-bond acceptors (Lipinski definition) is 3. The van der Waals surface area contributed by atoms with Crippen LogP contribution in [0.5, 0.6) is 0 Å². The quantitative estimate of drug-likeness (QED) is 0.900. The molecule has 0 saturated heterocycles. The molecule has 5 nitrogen and oxygen atoms in total. The molecule has 0 aliphatic rings. The zero-order chi connectivity index (χ0) is 13.8. The van der Waals surface area contributed by atoms with Crippen molar-refractivity contribution in [2.75, 3.05) is 6.54 Å². The predicted octanol–water partition coefficient (Wildman–Crippen LogP) is 1.77. The smallest absolute Gasteiger partial charge is 0.222 e. The number of amides is 1. The highest BCUT2D eigenvalue weighted by Gasteiger charge is 2.21. The Morgan fingerprint density at radius 1 is 1.44 bits per heavy atom. The summed E-state index contributed by atoms with van der Waals surface area (Å²) < 4.78 is 2.56. The topological polar surface area (TPSA) is 64.0 Å². The van der Waals surface area contributed by atoms with Gasteiger partial charge in [-0.2, -0.15) is 5.10 Å². The largest absolute Gasteiger partial charge is 0.349 e. The number of rotatable bonds is 5. The Bertz CT molecular complexity index is 435. The Balaban J connectivity index is 2.28. The van der Waals surface area contributed by atoms with Crippen molar-refractivity contribution in [1.29, 1.82) is 0 Å². The van der Waals surface area contributed by atoms with Crippen molar-refractivity contribution in [1.82, 2.24) is 15.1 Å². The van der Waals surface area contributed by atoms with Crippen molar-refractivity contribution in [3.63, 3.8) is 0 Å². The van der Waals surface area contributed by atoms with Gasteiger partial charge in [0, 0.05) is 24.6 Å². The van der Waals surface area contributed by atoms with Gasteiger partial charge < -0.3 is 5.32 Å². The van der Waals surface area contributed by atoms with E-state index < -0.39 is 5.41 Å². The van der Waals surface area contributed by atoms with Gasteiger partial charge >= 0.3 is 0 Å². The average molecular weight is 316 g/mol. The van der Waals surface area contributed by atoms with E-state index in [-0.39, 0.29) is 18.2 Å². The summed E-state index contributed by atoms with van der Waals surface area (Å²) in [4.78, 5) is 23.1. The lowest BCUT2D eigenvalue weighted by Gasteiger charge is -2.16. The molecule has 1 aromatic heterocycles. The van der Waals surface area contributed by atoms with Gasteiger partial charge in [0.05, 0.1) is 17.2 Å². The van der Waals surface area contributed by atoms with Crippen molar-refractivity contribution in [3.05, 3.63) is 16.9 Å². The van der Waals surface area contributed by atoms with Crippen molar-refractivity contribution in [3.8, 4) is 0 Å². The van der Waals surface area contributed by atoms with E-state index in [1.165, 1.54) is 0 Å². The second-order valence-corrected chi connectivity index (χ2v) is 6.04. The van der Waals surface area contributed by atoms with Gasteiger partial charge in [0.1, 0.15) is 0 Å². The van der Waals surface area contributed by atoms with E-state index in [1.807, 2.05) is 20.8 Å². The minimum Gasteiger partial charge on any atom is -0.349 e. The van der Waals surface area contributed by atoms with Crippen LogP contribution < -0.4 is 5.32 Å². The van der Waals surface area contributed by atoms with Crippen LogP contribution in [0.15, 0.2) is 16.9 Å². The van der Waals surface area contributed by atoms with Crippen LogP contribution in [0.2, 0.25) is 0 Å². The second-order valence-electron chi connectivity index (χ2n) is 5.12. The molecular formula is C12H18BrN3O2. The molecule has 100 valence electrons. The third-order valence-electron chi connectivity index (χ3n) is 2.45. The summed E-state index contributed by atoms with van der Waals surface area (Å²) in [5.41, 5.74) is -0.417. The fraction of sp³-hybridized carbons (Fsp3) is 0.583.